The third kappa shape index (κ3) is 2.60. The summed E-state index contributed by atoms with van der Waals surface area (Å²) in [6.45, 7) is 7.19. The molecule has 3 nitrogen and oxygen atoms in total. The molecule has 102 valence electrons. The highest BCUT2D eigenvalue weighted by molar-refractivity contribution is 9.10. The molecule has 0 amide bonds. The number of aromatic nitrogens is 2. The number of nitrogens with one attached hydrogen (secondary N) is 1. The Labute approximate surface area is 123 Å². The lowest BCUT2D eigenvalue weighted by atomic mass is 9.99. The molecule has 0 aliphatic heterocycles. The summed E-state index contributed by atoms with van der Waals surface area (Å²) in [4.78, 5) is 4.75. The van der Waals surface area contributed by atoms with Crippen LogP contribution in [0.1, 0.15) is 22.5 Å². The van der Waals surface area contributed by atoms with Gasteiger partial charge in [-0.05, 0) is 66.5 Å². The van der Waals surface area contributed by atoms with Gasteiger partial charge in [-0.3, -0.25) is 0 Å². The zero-order valence-electron chi connectivity index (χ0n) is 12.1. The van der Waals surface area contributed by atoms with Gasteiger partial charge in [-0.1, -0.05) is 6.07 Å². The first-order chi connectivity index (χ1) is 8.95. The van der Waals surface area contributed by atoms with E-state index in [9.17, 15) is 0 Å². The van der Waals surface area contributed by atoms with Crippen LogP contribution in [0, 0.1) is 20.8 Å². The summed E-state index contributed by atoms with van der Waals surface area (Å²) < 4.78 is 3.12. The molecule has 0 aliphatic rings. The molecule has 1 aromatic heterocycles. The van der Waals surface area contributed by atoms with E-state index in [0.717, 1.165) is 22.7 Å². The molecular weight excluding hydrogens is 302 g/mol. The zero-order chi connectivity index (χ0) is 14.2. The van der Waals surface area contributed by atoms with E-state index in [-0.39, 0.29) is 0 Å². The summed E-state index contributed by atoms with van der Waals surface area (Å²) in [6.07, 6.45) is 0. The van der Waals surface area contributed by atoms with E-state index in [0.29, 0.717) is 0 Å². The average molecular weight is 322 g/mol. The van der Waals surface area contributed by atoms with Crippen molar-refractivity contribution in [2.75, 3.05) is 7.05 Å². The van der Waals surface area contributed by atoms with Crippen molar-refractivity contribution in [2.24, 2.45) is 7.05 Å². The average Bonchev–Trinajstić information content (AvgIpc) is 2.63. The molecule has 1 heterocycles. The molecule has 0 atom stereocenters. The Morgan fingerprint density at radius 3 is 2.42 bits per heavy atom. The van der Waals surface area contributed by atoms with Crippen LogP contribution in [0.5, 0.6) is 0 Å². The first-order valence-electron chi connectivity index (χ1n) is 6.39. The highest BCUT2D eigenvalue weighted by Crippen LogP contribution is 2.32. The van der Waals surface area contributed by atoms with Crippen LogP contribution in [0.2, 0.25) is 0 Å². The zero-order valence-corrected chi connectivity index (χ0v) is 13.7. The summed E-state index contributed by atoms with van der Waals surface area (Å²) in [5.41, 5.74) is 6.11. The molecule has 19 heavy (non-hydrogen) atoms. The van der Waals surface area contributed by atoms with E-state index in [4.69, 9.17) is 4.98 Å². The van der Waals surface area contributed by atoms with Crippen LogP contribution in [0.15, 0.2) is 16.7 Å². The maximum absolute atomic E-state index is 4.75. The fourth-order valence-electron chi connectivity index (χ4n) is 2.23. The second-order valence-corrected chi connectivity index (χ2v) is 5.76. The summed E-state index contributed by atoms with van der Waals surface area (Å²) in [7, 11) is 3.97. The van der Waals surface area contributed by atoms with Gasteiger partial charge in [0.05, 0.1) is 6.54 Å². The van der Waals surface area contributed by atoms with Gasteiger partial charge in [-0.2, -0.15) is 0 Å². The fraction of sp³-hybridized carbons (Fsp3) is 0.400. The fourth-order valence-corrected chi connectivity index (χ4v) is 2.73. The van der Waals surface area contributed by atoms with Gasteiger partial charge in [0.1, 0.15) is 16.1 Å². The minimum atomic E-state index is 0.763. The van der Waals surface area contributed by atoms with Crippen molar-refractivity contribution < 1.29 is 0 Å². The van der Waals surface area contributed by atoms with E-state index in [1.807, 2.05) is 14.1 Å². The quantitative estimate of drug-likeness (QED) is 0.937. The SMILES string of the molecule is CNCc1nc(-c2cc(C)c(C)cc2C)c(Br)n1C. The number of hydrogen-bond acceptors (Lipinski definition) is 2. The maximum Gasteiger partial charge on any atom is 0.124 e. The van der Waals surface area contributed by atoms with E-state index < -0.39 is 0 Å². The Bertz CT molecular complexity index is 614. The molecule has 4 heteroatoms. The molecule has 1 aromatic carbocycles. The highest BCUT2D eigenvalue weighted by Gasteiger charge is 2.16. The summed E-state index contributed by atoms with van der Waals surface area (Å²) >= 11 is 3.66. The van der Waals surface area contributed by atoms with Crippen molar-refractivity contribution in [1.82, 2.24) is 14.9 Å². The summed E-state index contributed by atoms with van der Waals surface area (Å²) in [5.74, 6) is 1.03. The van der Waals surface area contributed by atoms with Crippen molar-refractivity contribution in [3.05, 3.63) is 39.3 Å². The van der Waals surface area contributed by atoms with Crippen LogP contribution in [0.3, 0.4) is 0 Å². The maximum atomic E-state index is 4.75. The molecule has 2 aromatic rings. The molecule has 0 saturated heterocycles. The lowest BCUT2D eigenvalue weighted by Crippen LogP contribution is -2.10. The van der Waals surface area contributed by atoms with Crippen LogP contribution in [-0.4, -0.2) is 16.6 Å². The predicted octanol–water partition coefficient (Wildman–Crippen LogP) is 3.49. The topological polar surface area (TPSA) is 29.9 Å². The first-order valence-corrected chi connectivity index (χ1v) is 7.19. The minimum Gasteiger partial charge on any atom is -0.324 e. The highest BCUT2D eigenvalue weighted by atomic mass is 79.9. The van der Waals surface area contributed by atoms with Crippen LogP contribution in [0.4, 0.5) is 0 Å². The van der Waals surface area contributed by atoms with E-state index in [2.05, 4.69) is 58.7 Å². The van der Waals surface area contributed by atoms with Crippen molar-refractivity contribution in [2.45, 2.75) is 27.3 Å². The Morgan fingerprint density at radius 2 is 1.79 bits per heavy atom. The molecule has 0 aliphatic carbocycles. The van der Waals surface area contributed by atoms with Crippen molar-refractivity contribution in [3.63, 3.8) is 0 Å². The molecule has 1 N–H and O–H groups in total. The van der Waals surface area contributed by atoms with E-state index in [1.54, 1.807) is 0 Å². The normalized spacial score (nSPS) is 11.1. The van der Waals surface area contributed by atoms with E-state index >= 15 is 0 Å². The van der Waals surface area contributed by atoms with Gasteiger partial charge in [0, 0.05) is 12.6 Å². The second-order valence-electron chi connectivity index (χ2n) is 5.01. The lowest BCUT2D eigenvalue weighted by Gasteiger charge is -2.08. The monoisotopic (exact) mass is 321 g/mol. The second kappa shape index (κ2) is 5.47. The van der Waals surface area contributed by atoms with Gasteiger partial charge < -0.3 is 9.88 Å². The molecule has 2 rings (SSSR count). The largest absolute Gasteiger partial charge is 0.324 e. The first kappa shape index (κ1) is 14.3. The van der Waals surface area contributed by atoms with Gasteiger partial charge in [0.25, 0.3) is 0 Å². The van der Waals surface area contributed by atoms with Gasteiger partial charge in [-0.25, -0.2) is 4.98 Å². The van der Waals surface area contributed by atoms with E-state index in [1.165, 1.54) is 22.3 Å². The number of hydrogen-bond donors (Lipinski definition) is 1. The van der Waals surface area contributed by atoms with Crippen LogP contribution in [0.25, 0.3) is 11.3 Å². The molecule has 0 radical (unpaired) electrons. The van der Waals surface area contributed by atoms with Gasteiger partial charge >= 0.3 is 0 Å². The van der Waals surface area contributed by atoms with Crippen LogP contribution < -0.4 is 5.32 Å². The predicted molar refractivity (Wildman–Crippen MR) is 83.3 cm³/mol. The number of benzene rings is 1. The Kier molecular flexibility index (Phi) is 4.11. The Morgan fingerprint density at radius 1 is 1.16 bits per heavy atom. The Hall–Kier alpha value is -1.13. The third-order valence-corrected chi connectivity index (χ3v) is 4.46. The molecular formula is C15H20BrN3. The van der Waals surface area contributed by atoms with Gasteiger partial charge in [0.15, 0.2) is 0 Å². The van der Waals surface area contributed by atoms with Crippen LogP contribution >= 0.6 is 15.9 Å². The third-order valence-electron chi connectivity index (χ3n) is 3.55. The standard InChI is InChI=1S/C15H20BrN3/c1-9-6-11(3)12(7-10(9)2)14-15(16)19(5)13(18-14)8-17-4/h6-7,17H,8H2,1-5H3. The number of halogens is 1. The molecule has 0 spiro atoms. The molecule has 0 saturated carbocycles. The van der Waals surface area contributed by atoms with Crippen LogP contribution in [-0.2, 0) is 13.6 Å². The molecule has 0 unspecified atom stereocenters. The molecule has 0 fully saturated rings. The number of aryl methyl sites for hydroxylation is 3. The number of nitrogens with zero attached hydrogens (tertiary/aromatic N) is 2. The van der Waals surface area contributed by atoms with Crippen molar-refractivity contribution in [1.29, 1.82) is 0 Å². The number of imidazole rings is 1. The lowest BCUT2D eigenvalue weighted by molar-refractivity contribution is 0.704. The Balaban J connectivity index is 2.59. The summed E-state index contributed by atoms with van der Waals surface area (Å²) in [5, 5.41) is 3.15. The number of rotatable bonds is 3. The molecule has 0 bridgehead atoms. The van der Waals surface area contributed by atoms with Crippen molar-refractivity contribution >= 4 is 15.9 Å². The smallest absolute Gasteiger partial charge is 0.124 e. The van der Waals surface area contributed by atoms with Gasteiger partial charge in [-0.15, -0.1) is 0 Å². The summed E-state index contributed by atoms with van der Waals surface area (Å²) in [6, 6.07) is 4.45. The minimum absolute atomic E-state index is 0.763. The van der Waals surface area contributed by atoms with Crippen molar-refractivity contribution in [3.8, 4) is 11.3 Å². The van der Waals surface area contributed by atoms with Gasteiger partial charge in [0.2, 0.25) is 0 Å².